The van der Waals surface area contributed by atoms with E-state index in [1.807, 2.05) is 17.8 Å². The van der Waals surface area contributed by atoms with Gasteiger partial charge in [-0.25, -0.2) is 4.98 Å². The van der Waals surface area contributed by atoms with Gasteiger partial charge in [-0.2, -0.15) is 5.10 Å². The summed E-state index contributed by atoms with van der Waals surface area (Å²) in [7, 11) is 3.67. The van der Waals surface area contributed by atoms with Crippen molar-refractivity contribution in [3.05, 3.63) is 40.7 Å². The molecular weight excluding hydrogens is 246 g/mol. The van der Waals surface area contributed by atoms with Crippen molar-refractivity contribution in [3.63, 3.8) is 0 Å². The van der Waals surface area contributed by atoms with Gasteiger partial charge in [-0.05, 0) is 6.07 Å². The Balaban J connectivity index is 2.33. The van der Waals surface area contributed by atoms with Gasteiger partial charge >= 0.3 is 0 Å². The van der Waals surface area contributed by atoms with E-state index in [0.717, 1.165) is 10.9 Å². The third kappa shape index (κ3) is 1.67. The molecule has 96 valence electrons. The van der Waals surface area contributed by atoms with E-state index < -0.39 is 4.92 Å². The minimum Gasteiger partial charge on any atom is -0.333 e. The molecule has 0 bridgehead atoms. The van der Waals surface area contributed by atoms with Crippen LogP contribution in [0.2, 0.25) is 0 Å². The number of hydrogen-bond donors (Lipinski definition) is 0. The van der Waals surface area contributed by atoms with E-state index in [4.69, 9.17) is 0 Å². The van der Waals surface area contributed by atoms with Crippen LogP contribution in [0.3, 0.4) is 0 Å². The van der Waals surface area contributed by atoms with Crippen molar-refractivity contribution in [2.24, 2.45) is 14.1 Å². The quantitative estimate of drug-likeness (QED) is 0.518. The fourth-order valence-corrected chi connectivity index (χ4v) is 2.13. The van der Waals surface area contributed by atoms with Crippen LogP contribution in [0, 0.1) is 10.1 Å². The summed E-state index contributed by atoms with van der Waals surface area (Å²) in [4.78, 5) is 14.7. The molecule has 19 heavy (non-hydrogen) atoms. The van der Waals surface area contributed by atoms with Crippen molar-refractivity contribution in [2.45, 2.75) is 0 Å². The molecule has 2 aromatic heterocycles. The number of nitro groups is 1. The van der Waals surface area contributed by atoms with Crippen molar-refractivity contribution in [1.82, 2.24) is 19.3 Å². The summed E-state index contributed by atoms with van der Waals surface area (Å²) in [5.74, 6) is 0.686. The Hall–Kier alpha value is -2.70. The van der Waals surface area contributed by atoms with Gasteiger partial charge in [0, 0.05) is 44.0 Å². The Labute approximate surface area is 108 Å². The highest BCUT2D eigenvalue weighted by atomic mass is 16.6. The van der Waals surface area contributed by atoms with Crippen LogP contribution in [0.5, 0.6) is 0 Å². The average molecular weight is 257 g/mol. The monoisotopic (exact) mass is 257 g/mol. The third-order valence-corrected chi connectivity index (χ3v) is 3.08. The maximum atomic E-state index is 10.9. The lowest BCUT2D eigenvalue weighted by molar-refractivity contribution is -0.384. The summed E-state index contributed by atoms with van der Waals surface area (Å²) in [6, 6.07) is 4.71. The topological polar surface area (TPSA) is 78.8 Å². The number of rotatable bonds is 2. The maximum Gasteiger partial charge on any atom is 0.270 e. The molecule has 0 aliphatic carbocycles. The zero-order chi connectivity index (χ0) is 13.6. The number of nitrogens with zero attached hydrogens (tertiary/aromatic N) is 5. The summed E-state index contributed by atoms with van der Waals surface area (Å²) in [6.07, 6.45) is 3.49. The van der Waals surface area contributed by atoms with Gasteiger partial charge in [-0.1, -0.05) is 0 Å². The summed E-state index contributed by atoms with van der Waals surface area (Å²) in [5, 5.41) is 16.0. The van der Waals surface area contributed by atoms with Gasteiger partial charge in [-0.15, -0.1) is 0 Å². The van der Waals surface area contributed by atoms with Crippen LogP contribution >= 0.6 is 0 Å². The van der Waals surface area contributed by atoms with Crippen LogP contribution in [-0.4, -0.2) is 24.3 Å². The van der Waals surface area contributed by atoms with Gasteiger partial charge < -0.3 is 4.57 Å². The third-order valence-electron chi connectivity index (χ3n) is 3.08. The van der Waals surface area contributed by atoms with Gasteiger partial charge in [0.25, 0.3) is 5.69 Å². The minimum atomic E-state index is -0.408. The van der Waals surface area contributed by atoms with E-state index in [9.17, 15) is 10.1 Å². The van der Waals surface area contributed by atoms with Crippen molar-refractivity contribution < 1.29 is 4.92 Å². The summed E-state index contributed by atoms with van der Waals surface area (Å²) < 4.78 is 3.53. The van der Waals surface area contributed by atoms with Crippen LogP contribution in [0.4, 0.5) is 5.69 Å². The second-order valence-electron chi connectivity index (χ2n) is 4.29. The molecule has 0 N–H and O–H groups in total. The number of benzene rings is 1. The summed E-state index contributed by atoms with van der Waals surface area (Å²) in [5.41, 5.74) is 1.54. The Morgan fingerprint density at radius 2 is 2.11 bits per heavy atom. The van der Waals surface area contributed by atoms with E-state index in [1.54, 1.807) is 24.0 Å². The van der Waals surface area contributed by atoms with Crippen LogP contribution in [0.15, 0.2) is 30.6 Å². The molecule has 0 atom stereocenters. The molecule has 3 rings (SSSR count). The van der Waals surface area contributed by atoms with E-state index in [0.29, 0.717) is 11.5 Å². The Kier molecular flexibility index (Phi) is 2.34. The molecule has 0 saturated carbocycles. The molecule has 0 fully saturated rings. The van der Waals surface area contributed by atoms with Gasteiger partial charge in [-0.3, -0.25) is 14.8 Å². The predicted molar refractivity (Wildman–Crippen MR) is 69.6 cm³/mol. The van der Waals surface area contributed by atoms with E-state index >= 15 is 0 Å². The minimum absolute atomic E-state index is 0.0518. The first kappa shape index (κ1) is 11.4. The van der Waals surface area contributed by atoms with Gasteiger partial charge in [0.1, 0.15) is 5.69 Å². The Bertz CT molecular complexity index is 787. The maximum absolute atomic E-state index is 10.9. The molecule has 2 heterocycles. The number of aryl methyl sites for hydroxylation is 2. The molecule has 0 unspecified atom stereocenters. The first-order chi connectivity index (χ1) is 9.08. The number of imidazole rings is 1. The van der Waals surface area contributed by atoms with Crippen molar-refractivity contribution in [2.75, 3.05) is 0 Å². The highest BCUT2D eigenvalue weighted by Crippen LogP contribution is 2.29. The molecule has 0 aliphatic rings. The molecule has 0 amide bonds. The molecular formula is C12H11N5O2. The lowest BCUT2D eigenvalue weighted by atomic mass is 10.2. The highest BCUT2D eigenvalue weighted by molar-refractivity contribution is 5.93. The molecule has 0 aliphatic heterocycles. The lowest BCUT2D eigenvalue weighted by Gasteiger charge is -1.98. The average Bonchev–Trinajstić information content (AvgIpc) is 2.93. The first-order valence-electron chi connectivity index (χ1n) is 5.67. The largest absolute Gasteiger partial charge is 0.333 e. The van der Waals surface area contributed by atoms with Crippen molar-refractivity contribution in [1.29, 1.82) is 0 Å². The SMILES string of the molecule is Cn1ccnc1-c1nn(C)c2ccc([N+](=O)[O-])cc12. The molecule has 7 nitrogen and oxygen atoms in total. The Morgan fingerprint density at radius 1 is 1.32 bits per heavy atom. The molecule has 0 saturated heterocycles. The van der Waals surface area contributed by atoms with Crippen molar-refractivity contribution in [3.8, 4) is 11.5 Å². The number of fused-ring (bicyclic) bond motifs is 1. The number of aromatic nitrogens is 4. The fraction of sp³-hybridized carbons (Fsp3) is 0.167. The predicted octanol–water partition coefficient (Wildman–Crippen LogP) is 1.88. The normalized spacial score (nSPS) is 11.1. The standard InChI is InChI=1S/C12H11N5O2/c1-15-6-5-13-12(15)11-9-7-8(17(18)19)3-4-10(9)16(2)14-11/h3-7H,1-2H3. The van der Waals surface area contributed by atoms with Gasteiger partial charge in [0.15, 0.2) is 5.82 Å². The molecule has 0 spiro atoms. The summed E-state index contributed by atoms with van der Waals surface area (Å²) >= 11 is 0. The second kappa shape index (κ2) is 3.91. The number of non-ortho nitro benzene ring substituents is 1. The highest BCUT2D eigenvalue weighted by Gasteiger charge is 2.17. The molecule has 3 aromatic rings. The molecule has 1 aromatic carbocycles. The van der Waals surface area contributed by atoms with E-state index in [1.165, 1.54) is 12.1 Å². The second-order valence-corrected chi connectivity index (χ2v) is 4.29. The van der Waals surface area contributed by atoms with E-state index in [2.05, 4.69) is 10.1 Å². The van der Waals surface area contributed by atoms with Crippen molar-refractivity contribution >= 4 is 16.6 Å². The summed E-state index contributed by atoms with van der Waals surface area (Å²) in [6.45, 7) is 0. The van der Waals surface area contributed by atoms with Crippen LogP contribution in [0.25, 0.3) is 22.4 Å². The van der Waals surface area contributed by atoms with Crippen LogP contribution in [-0.2, 0) is 14.1 Å². The first-order valence-corrected chi connectivity index (χ1v) is 5.67. The zero-order valence-electron chi connectivity index (χ0n) is 10.4. The lowest BCUT2D eigenvalue weighted by Crippen LogP contribution is -1.94. The van der Waals surface area contributed by atoms with Gasteiger partial charge in [0.2, 0.25) is 0 Å². The fourth-order valence-electron chi connectivity index (χ4n) is 2.13. The number of nitro benzene ring substituents is 1. The number of hydrogen-bond acceptors (Lipinski definition) is 4. The van der Waals surface area contributed by atoms with E-state index in [-0.39, 0.29) is 5.69 Å². The zero-order valence-corrected chi connectivity index (χ0v) is 10.4. The molecule has 7 heteroatoms. The molecule has 0 radical (unpaired) electrons. The van der Waals surface area contributed by atoms with Crippen LogP contribution < -0.4 is 0 Å². The Morgan fingerprint density at radius 3 is 2.74 bits per heavy atom. The smallest absolute Gasteiger partial charge is 0.270 e. The van der Waals surface area contributed by atoms with Gasteiger partial charge in [0.05, 0.1) is 10.4 Å². The van der Waals surface area contributed by atoms with Crippen LogP contribution in [0.1, 0.15) is 0 Å².